The number of aromatic nitrogens is 6. The molecule has 5 aromatic rings. The van der Waals surface area contributed by atoms with Crippen LogP contribution in [0.25, 0.3) is 22.5 Å². The number of benzene rings is 3. The van der Waals surface area contributed by atoms with E-state index in [1.54, 1.807) is 0 Å². The summed E-state index contributed by atoms with van der Waals surface area (Å²) in [6.45, 7) is 3.42. The van der Waals surface area contributed by atoms with Gasteiger partial charge in [0.25, 0.3) is 0 Å². The van der Waals surface area contributed by atoms with Crippen molar-refractivity contribution in [3.05, 3.63) is 112 Å². The van der Waals surface area contributed by atoms with Gasteiger partial charge in [-0.05, 0) is 46.7 Å². The Kier molecular flexibility index (Phi) is 7.17. The summed E-state index contributed by atoms with van der Waals surface area (Å²) in [4.78, 5) is 13.3. The zero-order chi connectivity index (χ0) is 24.7. The minimum Gasteiger partial charge on any atom is -0.299 e. The highest BCUT2D eigenvalue weighted by molar-refractivity contribution is 5.80. The van der Waals surface area contributed by atoms with E-state index in [4.69, 9.17) is 0 Å². The van der Waals surface area contributed by atoms with E-state index in [2.05, 4.69) is 76.2 Å². The van der Waals surface area contributed by atoms with Gasteiger partial charge in [0.2, 0.25) is 5.82 Å². The molecule has 0 amide bonds. The Balaban J connectivity index is 1.38. The number of aryl methyl sites for hydroxylation is 3. The van der Waals surface area contributed by atoms with Crippen LogP contribution >= 0.6 is 0 Å². The van der Waals surface area contributed by atoms with E-state index < -0.39 is 0 Å². The minimum atomic E-state index is 0.0589. The van der Waals surface area contributed by atoms with Gasteiger partial charge in [-0.1, -0.05) is 92.2 Å². The summed E-state index contributed by atoms with van der Waals surface area (Å²) in [5.41, 5.74) is 6.52. The van der Waals surface area contributed by atoms with Crippen LogP contribution in [-0.4, -0.2) is 29.8 Å². The molecule has 0 unspecified atom stereocenters. The summed E-state index contributed by atoms with van der Waals surface area (Å²) < 4.78 is 3.80. The van der Waals surface area contributed by atoms with Gasteiger partial charge in [-0.25, -0.2) is 4.79 Å². The third-order valence-corrected chi connectivity index (χ3v) is 6.52. The van der Waals surface area contributed by atoms with Crippen molar-refractivity contribution in [1.82, 2.24) is 29.8 Å². The molecule has 0 fully saturated rings. The van der Waals surface area contributed by atoms with Gasteiger partial charge in [0.1, 0.15) is 0 Å². The van der Waals surface area contributed by atoms with Crippen molar-refractivity contribution in [3.63, 3.8) is 0 Å². The lowest BCUT2D eigenvalue weighted by Gasteiger charge is -2.10. The summed E-state index contributed by atoms with van der Waals surface area (Å²) >= 11 is 0. The topological polar surface area (TPSA) is 81.4 Å². The van der Waals surface area contributed by atoms with E-state index in [1.807, 2.05) is 45.5 Å². The van der Waals surface area contributed by atoms with E-state index >= 15 is 0 Å². The molecular formula is C29H30N6O. The Morgan fingerprint density at radius 1 is 0.833 bits per heavy atom. The lowest BCUT2D eigenvalue weighted by atomic mass is 9.98. The van der Waals surface area contributed by atoms with Crippen LogP contribution in [0.5, 0.6) is 0 Å². The summed E-state index contributed by atoms with van der Waals surface area (Å²) in [6.07, 6.45) is 5.95. The minimum absolute atomic E-state index is 0.0589. The first kappa shape index (κ1) is 23.5. The Bertz CT molecular complexity index is 1450. The summed E-state index contributed by atoms with van der Waals surface area (Å²) in [5.74, 6) is 0.568. The van der Waals surface area contributed by atoms with Crippen LogP contribution in [0.1, 0.15) is 36.6 Å². The zero-order valence-corrected chi connectivity index (χ0v) is 20.5. The predicted molar refractivity (Wildman–Crippen MR) is 142 cm³/mol. The van der Waals surface area contributed by atoms with Crippen molar-refractivity contribution in [3.8, 4) is 22.5 Å². The van der Waals surface area contributed by atoms with Crippen molar-refractivity contribution >= 4 is 0 Å². The van der Waals surface area contributed by atoms with Gasteiger partial charge >= 0.3 is 5.69 Å². The van der Waals surface area contributed by atoms with E-state index in [0.29, 0.717) is 18.9 Å². The second-order valence-corrected chi connectivity index (χ2v) is 9.00. The SMILES string of the molecule is CCCCc1cn(CCc2ccccc2)c(=O)n1Cc1ccc(-c2ccccc2-c2nn[nH]n2)cc1. The fourth-order valence-corrected chi connectivity index (χ4v) is 4.54. The number of nitrogens with zero attached hydrogens (tertiary/aromatic N) is 5. The lowest BCUT2D eigenvalue weighted by molar-refractivity contribution is 0.626. The third kappa shape index (κ3) is 5.20. The standard InChI is InChI=1S/C29H30N6O/c1-2-3-11-25-21-34(19-18-22-9-5-4-6-10-22)29(36)35(25)20-23-14-16-24(17-15-23)26-12-7-8-13-27(26)28-30-32-33-31-28/h4-10,12-17,21H,2-3,11,18-20H2,1H3,(H,30,31,32,33). The predicted octanol–water partition coefficient (Wildman–Crippen LogP) is 5.13. The van der Waals surface area contributed by atoms with Crippen LogP contribution in [0, 0.1) is 0 Å². The number of unbranched alkanes of at least 4 members (excludes halogenated alkanes) is 1. The van der Waals surface area contributed by atoms with Gasteiger partial charge in [0.15, 0.2) is 0 Å². The number of rotatable bonds is 10. The number of hydrogen-bond donors (Lipinski definition) is 1. The number of H-pyrrole nitrogens is 1. The number of hydrogen-bond acceptors (Lipinski definition) is 4. The number of aromatic amines is 1. The molecule has 0 aliphatic carbocycles. The van der Waals surface area contributed by atoms with E-state index in [0.717, 1.165) is 53.6 Å². The second kappa shape index (κ2) is 11.0. The quantitative estimate of drug-likeness (QED) is 0.302. The van der Waals surface area contributed by atoms with E-state index in [-0.39, 0.29) is 5.69 Å². The van der Waals surface area contributed by atoms with Crippen LogP contribution in [0.4, 0.5) is 0 Å². The van der Waals surface area contributed by atoms with Crippen LogP contribution in [0.2, 0.25) is 0 Å². The first-order valence-electron chi connectivity index (χ1n) is 12.5. The molecule has 0 spiro atoms. The molecule has 2 heterocycles. The van der Waals surface area contributed by atoms with E-state index in [1.165, 1.54) is 5.56 Å². The van der Waals surface area contributed by atoms with Crippen LogP contribution in [0.3, 0.4) is 0 Å². The van der Waals surface area contributed by atoms with Crippen molar-refractivity contribution in [2.24, 2.45) is 0 Å². The van der Waals surface area contributed by atoms with Crippen LogP contribution in [0.15, 0.2) is 89.9 Å². The smallest absolute Gasteiger partial charge is 0.299 e. The average molecular weight is 479 g/mol. The summed E-state index contributed by atoms with van der Waals surface area (Å²) in [7, 11) is 0. The second-order valence-electron chi connectivity index (χ2n) is 9.00. The Labute approximate surface area is 210 Å². The molecule has 3 aromatic carbocycles. The molecule has 7 heteroatoms. The Morgan fingerprint density at radius 3 is 2.31 bits per heavy atom. The average Bonchev–Trinajstić information content (AvgIpc) is 3.56. The van der Waals surface area contributed by atoms with Gasteiger partial charge in [0, 0.05) is 24.0 Å². The van der Waals surface area contributed by atoms with Crippen molar-refractivity contribution in [2.45, 2.75) is 45.7 Å². The molecule has 36 heavy (non-hydrogen) atoms. The summed E-state index contributed by atoms with van der Waals surface area (Å²) in [6, 6.07) is 26.7. The molecule has 0 aliphatic heterocycles. The highest BCUT2D eigenvalue weighted by atomic mass is 16.1. The highest BCUT2D eigenvalue weighted by Crippen LogP contribution is 2.29. The van der Waals surface area contributed by atoms with E-state index in [9.17, 15) is 4.79 Å². The summed E-state index contributed by atoms with van der Waals surface area (Å²) in [5, 5.41) is 14.5. The maximum atomic E-state index is 13.3. The zero-order valence-electron chi connectivity index (χ0n) is 20.5. The largest absolute Gasteiger partial charge is 0.328 e. The molecule has 0 saturated carbocycles. The van der Waals surface area contributed by atoms with Gasteiger partial charge in [0.05, 0.1) is 6.54 Å². The third-order valence-electron chi connectivity index (χ3n) is 6.52. The van der Waals surface area contributed by atoms with Crippen molar-refractivity contribution < 1.29 is 0 Å². The number of nitrogens with one attached hydrogen (secondary N) is 1. The van der Waals surface area contributed by atoms with Gasteiger partial charge < -0.3 is 0 Å². The maximum absolute atomic E-state index is 13.3. The van der Waals surface area contributed by atoms with Crippen LogP contribution in [-0.2, 0) is 25.9 Å². The maximum Gasteiger partial charge on any atom is 0.328 e. The molecule has 5 rings (SSSR count). The first-order valence-corrected chi connectivity index (χ1v) is 12.5. The monoisotopic (exact) mass is 478 g/mol. The highest BCUT2D eigenvalue weighted by Gasteiger charge is 2.13. The molecule has 182 valence electrons. The van der Waals surface area contributed by atoms with Crippen molar-refractivity contribution in [1.29, 1.82) is 0 Å². The molecular weight excluding hydrogens is 448 g/mol. The molecule has 0 bridgehead atoms. The molecule has 2 aromatic heterocycles. The molecule has 0 atom stereocenters. The molecule has 7 nitrogen and oxygen atoms in total. The Hall–Kier alpha value is -4.26. The molecule has 0 radical (unpaired) electrons. The Morgan fingerprint density at radius 2 is 1.58 bits per heavy atom. The molecule has 1 N–H and O–H groups in total. The first-order chi connectivity index (χ1) is 17.7. The van der Waals surface area contributed by atoms with Gasteiger partial charge in [-0.2, -0.15) is 5.21 Å². The fourth-order valence-electron chi connectivity index (χ4n) is 4.54. The van der Waals surface area contributed by atoms with Crippen LogP contribution < -0.4 is 5.69 Å². The number of imidazole rings is 1. The number of tetrazole rings is 1. The fraction of sp³-hybridized carbons (Fsp3) is 0.241. The normalized spacial score (nSPS) is 11.1. The van der Waals surface area contributed by atoms with Crippen molar-refractivity contribution in [2.75, 3.05) is 0 Å². The molecule has 0 aliphatic rings. The van der Waals surface area contributed by atoms with Gasteiger partial charge in [-0.3, -0.25) is 9.13 Å². The lowest BCUT2D eigenvalue weighted by Crippen LogP contribution is -2.26. The van der Waals surface area contributed by atoms with Gasteiger partial charge in [-0.15, -0.1) is 10.2 Å². The molecule has 0 saturated heterocycles.